The van der Waals surface area contributed by atoms with Crippen molar-refractivity contribution in [3.05, 3.63) is 41.6 Å². The van der Waals surface area contributed by atoms with Gasteiger partial charge >= 0.3 is 6.09 Å². The molecule has 0 aliphatic rings. The summed E-state index contributed by atoms with van der Waals surface area (Å²) in [6.07, 6.45) is 4.92. The lowest BCUT2D eigenvalue weighted by Crippen LogP contribution is -2.34. The lowest BCUT2D eigenvalue weighted by molar-refractivity contribution is 0.0355. The summed E-state index contributed by atoms with van der Waals surface area (Å²) >= 11 is 0. The predicted octanol–water partition coefficient (Wildman–Crippen LogP) is 4.73. The van der Waals surface area contributed by atoms with Gasteiger partial charge in [-0.2, -0.15) is 4.98 Å². The van der Waals surface area contributed by atoms with Crippen molar-refractivity contribution < 1.29 is 23.7 Å². The molecule has 0 saturated heterocycles. The van der Waals surface area contributed by atoms with Crippen LogP contribution in [-0.2, 0) is 27.4 Å². The van der Waals surface area contributed by atoms with Crippen molar-refractivity contribution >= 4 is 28.9 Å². The molecule has 2 heterocycles. The monoisotopic (exact) mass is 556 g/mol. The smallest absolute Gasteiger partial charge is 0.407 e. The number of amides is 1. The van der Waals surface area contributed by atoms with E-state index < -0.39 is 11.7 Å². The summed E-state index contributed by atoms with van der Waals surface area (Å²) in [4.78, 5) is 20.5. The average Bonchev–Trinajstić information content (AvgIpc) is 3.30. The van der Waals surface area contributed by atoms with E-state index in [-0.39, 0.29) is 5.95 Å². The van der Waals surface area contributed by atoms with Crippen molar-refractivity contribution in [3.63, 3.8) is 0 Å². The Kier molecular flexibility index (Phi) is 11.8. The number of hydrogen-bond acceptors (Lipinski definition) is 9. The van der Waals surface area contributed by atoms with Crippen LogP contribution in [0.1, 0.15) is 58.1 Å². The molecule has 3 rings (SSSR count). The Bertz CT molecular complexity index is 1220. The summed E-state index contributed by atoms with van der Waals surface area (Å²) < 4.78 is 24.3. The molecule has 0 atom stereocenters. The van der Waals surface area contributed by atoms with E-state index >= 15 is 0 Å². The molecule has 11 heteroatoms. The van der Waals surface area contributed by atoms with Crippen molar-refractivity contribution in [1.29, 1.82) is 0 Å². The van der Waals surface area contributed by atoms with Gasteiger partial charge in [0.1, 0.15) is 16.9 Å². The Morgan fingerprint density at radius 3 is 2.60 bits per heavy atom. The van der Waals surface area contributed by atoms with Crippen LogP contribution in [0.5, 0.6) is 5.75 Å². The van der Waals surface area contributed by atoms with E-state index in [1.54, 1.807) is 7.11 Å². The van der Waals surface area contributed by atoms with Crippen molar-refractivity contribution in [2.45, 2.75) is 65.7 Å². The van der Waals surface area contributed by atoms with Gasteiger partial charge in [0.15, 0.2) is 5.82 Å². The van der Waals surface area contributed by atoms with Crippen molar-refractivity contribution in [1.82, 2.24) is 19.9 Å². The molecule has 11 nitrogen and oxygen atoms in total. The summed E-state index contributed by atoms with van der Waals surface area (Å²) in [5.41, 5.74) is 9.19. The first-order valence-corrected chi connectivity index (χ1v) is 13.8. The van der Waals surface area contributed by atoms with Crippen LogP contribution in [-0.4, -0.2) is 66.2 Å². The molecule has 0 bridgehead atoms. The summed E-state index contributed by atoms with van der Waals surface area (Å²) in [7, 11) is 1.67. The number of nitrogens with two attached hydrogens (primary N) is 1. The zero-order valence-corrected chi connectivity index (χ0v) is 24.4. The Hall–Kier alpha value is -3.57. The van der Waals surface area contributed by atoms with Gasteiger partial charge in [-0.15, -0.1) is 0 Å². The van der Waals surface area contributed by atoms with Crippen molar-refractivity contribution in [2.75, 3.05) is 51.1 Å². The number of fused-ring (bicyclic) bond motifs is 1. The fourth-order valence-corrected chi connectivity index (χ4v) is 4.10. The summed E-state index contributed by atoms with van der Waals surface area (Å²) in [6.45, 7) is 11.1. The second-order valence-corrected chi connectivity index (χ2v) is 10.5. The average molecular weight is 557 g/mol. The summed E-state index contributed by atoms with van der Waals surface area (Å²) in [6, 6.07) is 8.03. The third kappa shape index (κ3) is 9.87. The number of alkyl carbamates (subject to hydrolysis) is 1. The SMILES string of the molecule is CCCCCNc1nc(N)nc2ccn(Cc3ccc(COCCOCCNC(=O)OC(C)(C)C)cc3OC)c12. The Balaban J connectivity index is 1.50. The first-order chi connectivity index (χ1) is 19.2. The van der Waals surface area contributed by atoms with Gasteiger partial charge in [-0.05, 0) is 44.9 Å². The van der Waals surface area contributed by atoms with E-state index in [1.165, 1.54) is 0 Å². The molecule has 0 saturated carbocycles. The fourth-order valence-electron chi connectivity index (χ4n) is 4.10. The normalized spacial score (nSPS) is 11.5. The number of nitrogens with zero attached hydrogens (tertiary/aromatic N) is 3. The van der Waals surface area contributed by atoms with Crippen LogP contribution in [0.4, 0.5) is 16.6 Å². The molecule has 0 radical (unpaired) electrons. The summed E-state index contributed by atoms with van der Waals surface area (Å²) in [5.74, 6) is 1.78. The standard InChI is InChI=1S/C29H44N6O5/c1-6-7-8-12-31-26-25-23(33-27(30)34-26)11-14-35(25)19-22-10-9-21(18-24(22)37-5)20-39-17-16-38-15-13-32-28(36)40-29(2,3)4/h9-11,14,18H,6-8,12-13,15-17,19-20H2,1-5H3,(H,32,36)(H3,30,31,33,34). The minimum Gasteiger partial charge on any atom is -0.496 e. The Labute approximate surface area is 236 Å². The largest absolute Gasteiger partial charge is 0.496 e. The third-order valence-corrected chi connectivity index (χ3v) is 5.95. The van der Waals surface area contributed by atoms with Gasteiger partial charge in [0.05, 0.1) is 45.6 Å². The number of aromatic nitrogens is 3. The van der Waals surface area contributed by atoms with Crippen LogP contribution in [0, 0.1) is 0 Å². The molecule has 4 N–H and O–H groups in total. The topological polar surface area (TPSA) is 135 Å². The first-order valence-electron chi connectivity index (χ1n) is 13.8. The highest BCUT2D eigenvalue weighted by Crippen LogP contribution is 2.27. The molecule has 1 aromatic carbocycles. The van der Waals surface area contributed by atoms with Gasteiger partial charge < -0.3 is 39.9 Å². The van der Waals surface area contributed by atoms with E-state index in [2.05, 4.69) is 38.2 Å². The van der Waals surface area contributed by atoms with Gasteiger partial charge in [-0.25, -0.2) is 9.78 Å². The highest BCUT2D eigenvalue weighted by atomic mass is 16.6. The lowest BCUT2D eigenvalue weighted by Gasteiger charge is -2.19. The number of nitrogen functional groups attached to an aromatic ring is 1. The minimum absolute atomic E-state index is 0.257. The second kappa shape index (κ2) is 15.3. The van der Waals surface area contributed by atoms with E-state index in [4.69, 9.17) is 24.7 Å². The quantitative estimate of drug-likeness (QED) is 0.214. The number of hydrogen-bond donors (Lipinski definition) is 3. The number of carbonyl (C=O) groups excluding carboxylic acids is 1. The predicted molar refractivity (Wildman–Crippen MR) is 157 cm³/mol. The van der Waals surface area contributed by atoms with Crippen LogP contribution in [0.2, 0.25) is 0 Å². The molecular formula is C29H44N6O5. The van der Waals surface area contributed by atoms with Gasteiger partial charge in [0.2, 0.25) is 5.95 Å². The fraction of sp³-hybridized carbons (Fsp3) is 0.552. The molecule has 40 heavy (non-hydrogen) atoms. The maximum atomic E-state index is 11.6. The molecule has 0 aliphatic carbocycles. The Morgan fingerprint density at radius 1 is 1.05 bits per heavy atom. The molecule has 0 unspecified atom stereocenters. The zero-order valence-electron chi connectivity index (χ0n) is 24.4. The van der Waals surface area contributed by atoms with Gasteiger partial charge in [0.25, 0.3) is 0 Å². The van der Waals surface area contributed by atoms with Gasteiger partial charge in [0, 0.05) is 24.8 Å². The van der Waals surface area contributed by atoms with Crippen molar-refractivity contribution in [2.24, 2.45) is 0 Å². The van der Waals surface area contributed by atoms with E-state index in [9.17, 15) is 4.79 Å². The van der Waals surface area contributed by atoms with E-state index in [0.29, 0.717) is 39.5 Å². The third-order valence-electron chi connectivity index (χ3n) is 5.95. The Morgan fingerprint density at radius 2 is 1.85 bits per heavy atom. The highest BCUT2D eigenvalue weighted by Gasteiger charge is 2.16. The van der Waals surface area contributed by atoms with Crippen LogP contribution >= 0.6 is 0 Å². The number of nitrogens with one attached hydrogen (secondary N) is 2. The van der Waals surface area contributed by atoms with E-state index in [0.717, 1.165) is 59.5 Å². The zero-order chi connectivity index (χ0) is 29.0. The molecule has 220 valence electrons. The number of carbonyl (C=O) groups is 1. The highest BCUT2D eigenvalue weighted by molar-refractivity contribution is 5.87. The molecule has 0 spiro atoms. The molecule has 1 amide bonds. The number of benzene rings is 1. The molecule has 0 fully saturated rings. The maximum absolute atomic E-state index is 11.6. The molecule has 3 aromatic rings. The molecule has 0 aliphatic heterocycles. The number of methoxy groups -OCH3 is 1. The second-order valence-electron chi connectivity index (χ2n) is 10.5. The number of anilines is 2. The molecule has 2 aromatic heterocycles. The van der Waals surface area contributed by atoms with Gasteiger partial charge in [-0.3, -0.25) is 0 Å². The minimum atomic E-state index is -0.519. The van der Waals surface area contributed by atoms with Crippen LogP contribution in [0.3, 0.4) is 0 Å². The van der Waals surface area contributed by atoms with Crippen LogP contribution in [0.15, 0.2) is 30.5 Å². The number of rotatable bonds is 16. The van der Waals surface area contributed by atoms with Crippen LogP contribution < -0.4 is 21.1 Å². The van der Waals surface area contributed by atoms with Gasteiger partial charge in [-0.1, -0.05) is 31.9 Å². The number of ether oxygens (including phenoxy) is 4. The first kappa shape index (κ1) is 31.0. The number of unbranched alkanes of at least 4 members (excludes halogenated alkanes) is 2. The molecular weight excluding hydrogens is 512 g/mol. The lowest BCUT2D eigenvalue weighted by atomic mass is 10.1. The van der Waals surface area contributed by atoms with Crippen LogP contribution in [0.25, 0.3) is 11.0 Å². The summed E-state index contributed by atoms with van der Waals surface area (Å²) in [5, 5.41) is 6.10. The van der Waals surface area contributed by atoms with E-state index in [1.807, 2.05) is 45.2 Å². The van der Waals surface area contributed by atoms with Crippen molar-refractivity contribution in [3.8, 4) is 5.75 Å². The maximum Gasteiger partial charge on any atom is 0.407 e.